The van der Waals surface area contributed by atoms with Crippen LogP contribution in [0.3, 0.4) is 0 Å². The van der Waals surface area contributed by atoms with Crippen LogP contribution in [0.2, 0.25) is 0 Å². The van der Waals surface area contributed by atoms with Crippen molar-refractivity contribution < 1.29 is 14.4 Å². The first-order valence-corrected chi connectivity index (χ1v) is 7.45. The Morgan fingerprint density at radius 1 is 1.00 bits per heavy atom. The fourth-order valence-corrected chi connectivity index (χ4v) is 2.12. The van der Waals surface area contributed by atoms with Gasteiger partial charge in [-0.05, 0) is 6.92 Å². The summed E-state index contributed by atoms with van der Waals surface area (Å²) in [6.07, 6.45) is 1.64. The number of imide groups is 1. The minimum atomic E-state index is -0.468. The molecule has 8 heteroatoms. The highest BCUT2D eigenvalue weighted by Gasteiger charge is 2.20. The van der Waals surface area contributed by atoms with Crippen molar-refractivity contribution in [3.8, 4) is 0 Å². The standard InChI is InChI=1S/C14H25N5O3/c1-3-5-16-12(20)10-18-6-8-19(9-7-18)11-13(21)17-14(22)15-4-2/h3H,1,4-11H2,2H3,(H,16,20)(H2,15,17,21,22). The van der Waals surface area contributed by atoms with Gasteiger partial charge in [-0.1, -0.05) is 6.08 Å². The maximum atomic E-state index is 11.7. The van der Waals surface area contributed by atoms with E-state index in [0.717, 1.165) is 13.1 Å². The van der Waals surface area contributed by atoms with Gasteiger partial charge in [0.15, 0.2) is 0 Å². The topological polar surface area (TPSA) is 93.8 Å². The van der Waals surface area contributed by atoms with Crippen LogP contribution in [0.1, 0.15) is 6.92 Å². The molecular weight excluding hydrogens is 286 g/mol. The van der Waals surface area contributed by atoms with E-state index in [1.807, 2.05) is 9.80 Å². The molecule has 0 aromatic heterocycles. The molecule has 0 radical (unpaired) electrons. The second-order valence-electron chi connectivity index (χ2n) is 5.05. The van der Waals surface area contributed by atoms with Crippen LogP contribution in [0.4, 0.5) is 4.79 Å². The molecule has 8 nitrogen and oxygen atoms in total. The van der Waals surface area contributed by atoms with Gasteiger partial charge >= 0.3 is 6.03 Å². The van der Waals surface area contributed by atoms with Crippen molar-refractivity contribution in [3.63, 3.8) is 0 Å². The Morgan fingerprint density at radius 3 is 2.05 bits per heavy atom. The van der Waals surface area contributed by atoms with Crippen LogP contribution in [0.25, 0.3) is 0 Å². The summed E-state index contributed by atoms with van der Waals surface area (Å²) in [5.41, 5.74) is 0. The normalized spacial score (nSPS) is 15.9. The number of nitrogens with zero attached hydrogens (tertiary/aromatic N) is 2. The molecule has 4 amide bonds. The molecule has 22 heavy (non-hydrogen) atoms. The summed E-state index contributed by atoms with van der Waals surface area (Å²) in [5, 5.41) is 7.52. The summed E-state index contributed by atoms with van der Waals surface area (Å²) in [6.45, 7) is 9.65. The van der Waals surface area contributed by atoms with E-state index < -0.39 is 6.03 Å². The molecule has 0 aliphatic carbocycles. The van der Waals surface area contributed by atoms with E-state index in [4.69, 9.17) is 0 Å². The van der Waals surface area contributed by atoms with Crippen molar-refractivity contribution in [1.82, 2.24) is 25.8 Å². The van der Waals surface area contributed by atoms with Crippen LogP contribution in [0.15, 0.2) is 12.7 Å². The number of urea groups is 1. The van der Waals surface area contributed by atoms with Gasteiger partial charge in [-0.3, -0.25) is 24.7 Å². The number of hydrogen-bond acceptors (Lipinski definition) is 5. The zero-order valence-corrected chi connectivity index (χ0v) is 13.1. The Bertz CT molecular complexity index is 405. The lowest BCUT2D eigenvalue weighted by Gasteiger charge is -2.33. The van der Waals surface area contributed by atoms with Crippen LogP contribution >= 0.6 is 0 Å². The van der Waals surface area contributed by atoms with E-state index in [1.165, 1.54) is 0 Å². The van der Waals surface area contributed by atoms with Gasteiger partial charge in [-0.15, -0.1) is 6.58 Å². The highest BCUT2D eigenvalue weighted by Crippen LogP contribution is 2.00. The highest BCUT2D eigenvalue weighted by molar-refractivity contribution is 5.95. The Balaban J connectivity index is 2.22. The molecule has 1 rings (SSSR count). The molecule has 0 atom stereocenters. The Hall–Kier alpha value is -1.93. The summed E-state index contributed by atoms with van der Waals surface area (Å²) >= 11 is 0. The first-order valence-electron chi connectivity index (χ1n) is 7.45. The van der Waals surface area contributed by atoms with E-state index in [9.17, 15) is 14.4 Å². The summed E-state index contributed by atoms with van der Waals surface area (Å²) in [6, 6.07) is -0.468. The number of hydrogen-bond donors (Lipinski definition) is 3. The molecule has 124 valence electrons. The number of carbonyl (C=O) groups excluding carboxylic acids is 3. The second-order valence-corrected chi connectivity index (χ2v) is 5.05. The lowest BCUT2D eigenvalue weighted by molar-refractivity contribution is -0.124. The van der Waals surface area contributed by atoms with Crippen LogP contribution in [0.5, 0.6) is 0 Å². The molecule has 1 heterocycles. The van der Waals surface area contributed by atoms with Gasteiger partial charge in [-0.2, -0.15) is 0 Å². The van der Waals surface area contributed by atoms with Gasteiger partial charge in [0.05, 0.1) is 13.1 Å². The quantitative estimate of drug-likeness (QED) is 0.511. The fourth-order valence-electron chi connectivity index (χ4n) is 2.12. The highest BCUT2D eigenvalue weighted by atomic mass is 16.2. The van der Waals surface area contributed by atoms with Crippen molar-refractivity contribution in [2.75, 3.05) is 52.4 Å². The van der Waals surface area contributed by atoms with Gasteiger partial charge in [-0.25, -0.2) is 4.79 Å². The van der Waals surface area contributed by atoms with Gasteiger partial charge in [0.1, 0.15) is 0 Å². The smallest absolute Gasteiger partial charge is 0.321 e. The lowest BCUT2D eigenvalue weighted by atomic mass is 10.3. The van der Waals surface area contributed by atoms with Crippen LogP contribution in [-0.4, -0.2) is 80.0 Å². The fraction of sp³-hybridized carbons (Fsp3) is 0.643. The number of carbonyl (C=O) groups is 3. The number of piperazine rings is 1. The molecule has 0 bridgehead atoms. The molecule has 0 aromatic rings. The second kappa shape index (κ2) is 9.91. The molecule has 1 aliphatic heterocycles. The predicted molar refractivity (Wildman–Crippen MR) is 83.3 cm³/mol. The molecule has 0 aromatic carbocycles. The summed E-state index contributed by atoms with van der Waals surface area (Å²) in [5.74, 6) is -0.342. The van der Waals surface area contributed by atoms with Crippen LogP contribution in [0, 0.1) is 0 Å². The Labute approximate surface area is 130 Å². The lowest BCUT2D eigenvalue weighted by Crippen LogP contribution is -2.52. The zero-order valence-electron chi connectivity index (χ0n) is 13.1. The number of rotatable bonds is 7. The Kier molecular flexibility index (Phi) is 8.16. The first kappa shape index (κ1) is 18.1. The van der Waals surface area contributed by atoms with Crippen molar-refractivity contribution in [2.45, 2.75) is 6.92 Å². The average molecular weight is 311 g/mol. The van der Waals surface area contributed by atoms with Crippen LogP contribution < -0.4 is 16.0 Å². The van der Waals surface area contributed by atoms with Gasteiger partial charge in [0.25, 0.3) is 0 Å². The molecular formula is C14H25N5O3. The Morgan fingerprint density at radius 2 is 1.55 bits per heavy atom. The van der Waals surface area contributed by atoms with E-state index in [0.29, 0.717) is 32.7 Å². The summed E-state index contributed by atoms with van der Waals surface area (Å²) in [4.78, 5) is 38.5. The third-order valence-corrected chi connectivity index (χ3v) is 3.23. The average Bonchev–Trinajstić information content (AvgIpc) is 2.47. The molecule has 0 unspecified atom stereocenters. The first-order chi connectivity index (χ1) is 10.5. The largest absolute Gasteiger partial charge is 0.352 e. The third kappa shape index (κ3) is 7.19. The van der Waals surface area contributed by atoms with Crippen molar-refractivity contribution in [1.29, 1.82) is 0 Å². The van der Waals surface area contributed by atoms with E-state index in [1.54, 1.807) is 13.0 Å². The SMILES string of the molecule is C=CCNC(=O)CN1CCN(CC(=O)NC(=O)NCC)CC1. The summed E-state index contributed by atoms with van der Waals surface area (Å²) in [7, 11) is 0. The van der Waals surface area contributed by atoms with Gasteiger partial charge < -0.3 is 10.6 Å². The van der Waals surface area contributed by atoms with Crippen molar-refractivity contribution >= 4 is 17.8 Å². The van der Waals surface area contributed by atoms with E-state index in [-0.39, 0.29) is 18.4 Å². The monoisotopic (exact) mass is 311 g/mol. The molecule has 0 saturated carbocycles. The predicted octanol–water partition coefficient (Wildman–Crippen LogP) is -1.25. The minimum absolute atomic E-state index is 0.0256. The van der Waals surface area contributed by atoms with Gasteiger partial charge in [0.2, 0.25) is 11.8 Å². The number of amides is 4. The van der Waals surface area contributed by atoms with Gasteiger partial charge in [0, 0.05) is 39.3 Å². The molecule has 1 saturated heterocycles. The summed E-state index contributed by atoms with van der Waals surface area (Å²) < 4.78 is 0. The zero-order chi connectivity index (χ0) is 16.4. The van der Waals surface area contributed by atoms with E-state index >= 15 is 0 Å². The van der Waals surface area contributed by atoms with E-state index in [2.05, 4.69) is 22.5 Å². The van der Waals surface area contributed by atoms with Crippen LogP contribution in [-0.2, 0) is 9.59 Å². The third-order valence-electron chi connectivity index (χ3n) is 3.23. The van der Waals surface area contributed by atoms with Crippen molar-refractivity contribution in [3.05, 3.63) is 12.7 Å². The minimum Gasteiger partial charge on any atom is -0.352 e. The molecule has 0 spiro atoms. The molecule has 3 N–H and O–H groups in total. The number of nitrogens with one attached hydrogen (secondary N) is 3. The van der Waals surface area contributed by atoms with Crippen molar-refractivity contribution in [2.24, 2.45) is 0 Å². The maximum Gasteiger partial charge on any atom is 0.321 e. The maximum absolute atomic E-state index is 11.7. The molecule has 1 fully saturated rings. The molecule has 1 aliphatic rings.